The first-order valence-corrected chi connectivity index (χ1v) is 11.4. The number of nitrogens with zero attached hydrogens (tertiary/aromatic N) is 2. The highest BCUT2D eigenvalue weighted by Crippen LogP contribution is 2.30. The molecule has 0 radical (unpaired) electrons. The highest BCUT2D eigenvalue weighted by Gasteiger charge is 2.25. The molecule has 1 amide bonds. The van der Waals surface area contributed by atoms with Crippen LogP contribution in [-0.2, 0) is 21.2 Å². The molecule has 6 nitrogen and oxygen atoms in total. The normalized spacial score (nSPS) is 23.4. The minimum absolute atomic E-state index is 0.0103. The Balaban J connectivity index is 1.54. The molecule has 2 unspecified atom stereocenters. The van der Waals surface area contributed by atoms with Gasteiger partial charge in [-0.2, -0.15) is 0 Å². The molecule has 1 aromatic rings. The molecule has 3 rings (SSSR count). The smallest absolute Gasteiger partial charge is 0.240 e. The second kappa shape index (κ2) is 8.29. The van der Waals surface area contributed by atoms with Crippen molar-refractivity contribution in [1.29, 1.82) is 0 Å². The van der Waals surface area contributed by atoms with E-state index in [1.54, 1.807) is 23.1 Å². The number of carbonyl (C=O) groups excluding carboxylic acids is 1. The standard InChI is InChI=1S/C20H31N3O3S/c1-15-11-16(2)14-22(13-15)9-4-8-21-27(25,26)19-5-6-20-18(12-19)7-10-23(20)17(3)24/h5-6,12,15-16,21H,4,7-11,13-14H2,1-3H3. The van der Waals surface area contributed by atoms with E-state index >= 15 is 0 Å². The van der Waals surface area contributed by atoms with Crippen LogP contribution in [0.1, 0.15) is 39.2 Å². The maximum absolute atomic E-state index is 12.6. The predicted octanol–water partition coefficient (Wildman–Crippen LogP) is 2.24. The minimum atomic E-state index is -3.52. The van der Waals surface area contributed by atoms with Crippen molar-refractivity contribution < 1.29 is 13.2 Å². The zero-order chi connectivity index (χ0) is 19.6. The SMILES string of the molecule is CC(=O)N1CCc2cc(S(=O)(=O)NCCCN3CC(C)CC(C)C3)ccc21. The van der Waals surface area contributed by atoms with Crippen LogP contribution < -0.4 is 9.62 Å². The Labute approximate surface area is 163 Å². The molecule has 7 heteroatoms. The summed E-state index contributed by atoms with van der Waals surface area (Å²) >= 11 is 0. The summed E-state index contributed by atoms with van der Waals surface area (Å²) in [5.74, 6) is 1.42. The Morgan fingerprint density at radius 3 is 2.59 bits per heavy atom. The second-order valence-electron chi connectivity index (χ2n) is 8.17. The fraction of sp³-hybridized carbons (Fsp3) is 0.650. The van der Waals surface area contributed by atoms with Crippen molar-refractivity contribution in [1.82, 2.24) is 9.62 Å². The van der Waals surface area contributed by atoms with Gasteiger partial charge in [-0.25, -0.2) is 13.1 Å². The molecule has 2 heterocycles. The molecule has 1 saturated heterocycles. The van der Waals surface area contributed by atoms with Crippen LogP contribution in [0.15, 0.2) is 23.1 Å². The molecule has 0 aliphatic carbocycles. The first kappa shape index (κ1) is 20.3. The number of fused-ring (bicyclic) bond motifs is 1. The summed E-state index contributed by atoms with van der Waals surface area (Å²) in [5, 5.41) is 0. The van der Waals surface area contributed by atoms with Gasteiger partial charge in [0.05, 0.1) is 4.90 Å². The molecule has 0 bridgehead atoms. The van der Waals surface area contributed by atoms with Crippen LogP contribution >= 0.6 is 0 Å². The molecule has 0 aromatic heterocycles. The van der Waals surface area contributed by atoms with Crippen LogP contribution in [0.25, 0.3) is 0 Å². The number of nitrogens with one attached hydrogen (secondary N) is 1. The van der Waals surface area contributed by atoms with Crippen molar-refractivity contribution in [3.63, 3.8) is 0 Å². The number of amides is 1. The fourth-order valence-corrected chi connectivity index (χ4v) is 5.56. The lowest BCUT2D eigenvalue weighted by atomic mass is 9.92. The minimum Gasteiger partial charge on any atom is -0.312 e. The quantitative estimate of drug-likeness (QED) is 0.753. The molecule has 1 aromatic carbocycles. The number of hydrogen-bond acceptors (Lipinski definition) is 4. The van der Waals surface area contributed by atoms with Gasteiger partial charge in [0.1, 0.15) is 0 Å². The zero-order valence-corrected chi connectivity index (χ0v) is 17.4. The monoisotopic (exact) mass is 393 g/mol. The van der Waals surface area contributed by atoms with Crippen molar-refractivity contribution in [2.45, 2.75) is 44.9 Å². The summed E-state index contributed by atoms with van der Waals surface area (Å²) in [6.07, 6.45) is 2.79. The van der Waals surface area contributed by atoms with Crippen molar-refractivity contribution in [2.24, 2.45) is 11.8 Å². The lowest BCUT2D eigenvalue weighted by Crippen LogP contribution is -2.40. The maximum atomic E-state index is 12.6. The molecular formula is C20H31N3O3S. The van der Waals surface area contributed by atoms with Crippen molar-refractivity contribution in [3.05, 3.63) is 23.8 Å². The number of sulfonamides is 1. The topological polar surface area (TPSA) is 69.7 Å². The summed E-state index contributed by atoms with van der Waals surface area (Å²) in [6.45, 7) is 10.3. The van der Waals surface area contributed by atoms with E-state index in [0.29, 0.717) is 31.3 Å². The molecule has 2 aliphatic rings. The fourth-order valence-electron chi connectivity index (χ4n) is 4.44. The summed E-state index contributed by atoms with van der Waals surface area (Å²) in [7, 11) is -3.52. The molecule has 150 valence electrons. The third-order valence-electron chi connectivity index (χ3n) is 5.52. The van der Waals surface area contributed by atoms with E-state index in [0.717, 1.165) is 37.3 Å². The van der Waals surface area contributed by atoms with E-state index in [1.807, 2.05) is 0 Å². The van der Waals surface area contributed by atoms with Crippen LogP contribution in [0.4, 0.5) is 5.69 Å². The number of benzene rings is 1. The lowest BCUT2D eigenvalue weighted by molar-refractivity contribution is -0.116. The van der Waals surface area contributed by atoms with E-state index in [2.05, 4.69) is 23.5 Å². The van der Waals surface area contributed by atoms with Gasteiger partial charge in [0, 0.05) is 38.8 Å². The third-order valence-corrected chi connectivity index (χ3v) is 6.98. The Morgan fingerprint density at radius 1 is 1.22 bits per heavy atom. The van der Waals surface area contributed by atoms with Crippen LogP contribution in [0.3, 0.4) is 0 Å². The molecule has 2 aliphatic heterocycles. The van der Waals surface area contributed by atoms with Gasteiger partial charge >= 0.3 is 0 Å². The molecule has 0 saturated carbocycles. The van der Waals surface area contributed by atoms with Crippen molar-refractivity contribution in [2.75, 3.05) is 37.6 Å². The highest BCUT2D eigenvalue weighted by molar-refractivity contribution is 7.89. The third kappa shape index (κ3) is 4.89. The summed E-state index contributed by atoms with van der Waals surface area (Å²) in [6, 6.07) is 5.04. The molecule has 1 N–H and O–H groups in total. The van der Waals surface area contributed by atoms with Crippen molar-refractivity contribution >= 4 is 21.6 Å². The van der Waals surface area contributed by atoms with E-state index in [4.69, 9.17) is 0 Å². The number of rotatable bonds is 6. The summed E-state index contributed by atoms with van der Waals surface area (Å²) < 4.78 is 27.9. The van der Waals surface area contributed by atoms with Crippen LogP contribution in [0.2, 0.25) is 0 Å². The Morgan fingerprint density at radius 2 is 1.93 bits per heavy atom. The van der Waals surface area contributed by atoms with Crippen LogP contribution in [-0.4, -0.2) is 51.9 Å². The van der Waals surface area contributed by atoms with Gasteiger partial charge in [-0.3, -0.25) is 4.79 Å². The Kier molecular flexibility index (Phi) is 6.23. The maximum Gasteiger partial charge on any atom is 0.240 e. The van der Waals surface area contributed by atoms with Gasteiger partial charge in [0.15, 0.2) is 0 Å². The van der Waals surface area contributed by atoms with Gasteiger partial charge in [0.2, 0.25) is 15.9 Å². The average Bonchev–Trinajstić information content (AvgIpc) is 3.01. The first-order chi connectivity index (χ1) is 12.8. The number of anilines is 1. The van der Waals surface area contributed by atoms with Gasteiger partial charge in [-0.05, 0) is 61.4 Å². The Bertz CT molecular complexity index is 784. The molecule has 1 fully saturated rings. The molecule has 0 spiro atoms. The number of likely N-dealkylation sites (tertiary alicyclic amines) is 1. The predicted molar refractivity (Wildman–Crippen MR) is 107 cm³/mol. The van der Waals surface area contributed by atoms with E-state index in [-0.39, 0.29) is 10.8 Å². The lowest BCUT2D eigenvalue weighted by Gasteiger charge is -2.34. The molecule has 2 atom stereocenters. The van der Waals surface area contributed by atoms with Gasteiger partial charge in [-0.1, -0.05) is 13.8 Å². The largest absolute Gasteiger partial charge is 0.312 e. The number of hydrogen-bond donors (Lipinski definition) is 1. The second-order valence-corrected chi connectivity index (χ2v) is 9.94. The van der Waals surface area contributed by atoms with E-state index < -0.39 is 10.0 Å². The summed E-state index contributed by atoms with van der Waals surface area (Å²) in [4.78, 5) is 16.0. The van der Waals surface area contributed by atoms with E-state index in [1.165, 1.54) is 13.3 Å². The van der Waals surface area contributed by atoms with Gasteiger partial charge in [-0.15, -0.1) is 0 Å². The van der Waals surface area contributed by atoms with Gasteiger partial charge in [0.25, 0.3) is 0 Å². The molecular weight excluding hydrogens is 362 g/mol. The first-order valence-electron chi connectivity index (χ1n) is 9.89. The van der Waals surface area contributed by atoms with Crippen molar-refractivity contribution in [3.8, 4) is 0 Å². The average molecular weight is 394 g/mol. The van der Waals surface area contributed by atoms with E-state index in [9.17, 15) is 13.2 Å². The van der Waals surface area contributed by atoms with Gasteiger partial charge < -0.3 is 9.80 Å². The zero-order valence-electron chi connectivity index (χ0n) is 16.6. The Hall–Kier alpha value is -1.44. The number of carbonyl (C=O) groups is 1. The molecule has 27 heavy (non-hydrogen) atoms. The van der Waals surface area contributed by atoms with Crippen LogP contribution in [0, 0.1) is 11.8 Å². The highest BCUT2D eigenvalue weighted by atomic mass is 32.2. The summed E-state index contributed by atoms with van der Waals surface area (Å²) in [5.41, 5.74) is 1.75. The van der Waals surface area contributed by atoms with Crippen LogP contribution in [0.5, 0.6) is 0 Å². The number of piperidine rings is 1.